The molecular formula is C25H39N3O2. The number of nitrogens with zero attached hydrogens (tertiary/aromatic N) is 2. The van der Waals surface area contributed by atoms with Crippen LogP contribution in [0.4, 0.5) is 0 Å². The molecule has 3 N–H and O–H groups in total. The quantitative estimate of drug-likeness (QED) is 0.221. The number of aromatic amines is 1. The van der Waals surface area contributed by atoms with Crippen LogP contribution >= 0.6 is 0 Å². The minimum Gasteiger partial charge on any atom is -0.508 e. The fourth-order valence-corrected chi connectivity index (χ4v) is 3.56. The molecule has 0 aliphatic heterocycles. The first-order valence-electron chi connectivity index (χ1n) is 11.7. The van der Waals surface area contributed by atoms with Crippen molar-refractivity contribution in [3.8, 4) is 17.1 Å². The summed E-state index contributed by atoms with van der Waals surface area (Å²) in [5, 5.41) is 26.9. The molecule has 0 fully saturated rings. The summed E-state index contributed by atoms with van der Waals surface area (Å²) in [5.41, 5.74) is 0.822. The van der Waals surface area contributed by atoms with Crippen LogP contribution in [0.5, 0.6) is 5.75 Å². The lowest BCUT2D eigenvalue weighted by Gasteiger charge is -2.08. The molecular weight excluding hydrogens is 374 g/mol. The van der Waals surface area contributed by atoms with Gasteiger partial charge in [-0.2, -0.15) is 5.10 Å². The van der Waals surface area contributed by atoms with Crippen molar-refractivity contribution in [2.45, 2.75) is 96.5 Å². The molecule has 5 heteroatoms. The summed E-state index contributed by atoms with van der Waals surface area (Å²) in [6.45, 7) is 2.23. The van der Waals surface area contributed by atoms with E-state index in [9.17, 15) is 10.2 Å². The first kappa shape index (κ1) is 24.1. The number of rotatable bonds is 16. The first-order valence-corrected chi connectivity index (χ1v) is 11.7. The maximum Gasteiger partial charge on any atom is 0.181 e. The summed E-state index contributed by atoms with van der Waals surface area (Å²) in [4.78, 5) is 4.52. The predicted octanol–water partition coefficient (Wildman–Crippen LogP) is 6.34. The Bertz CT molecular complexity index is 727. The molecule has 1 aromatic carbocycles. The summed E-state index contributed by atoms with van der Waals surface area (Å²) in [6, 6.07) is 7.00. The molecule has 0 amide bonds. The number of benzene rings is 1. The van der Waals surface area contributed by atoms with Crippen molar-refractivity contribution in [1.82, 2.24) is 15.2 Å². The average molecular weight is 414 g/mol. The molecule has 1 aromatic heterocycles. The van der Waals surface area contributed by atoms with Gasteiger partial charge in [0, 0.05) is 12.0 Å². The van der Waals surface area contributed by atoms with Crippen LogP contribution in [0.1, 0.15) is 89.8 Å². The number of aromatic nitrogens is 3. The van der Waals surface area contributed by atoms with E-state index in [0.29, 0.717) is 5.82 Å². The number of aromatic hydroxyl groups is 1. The Morgan fingerprint density at radius 3 is 2.60 bits per heavy atom. The van der Waals surface area contributed by atoms with Crippen molar-refractivity contribution < 1.29 is 10.2 Å². The van der Waals surface area contributed by atoms with E-state index in [1.54, 1.807) is 18.2 Å². The molecule has 2 rings (SSSR count). The van der Waals surface area contributed by atoms with E-state index in [-0.39, 0.29) is 11.9 Å². The molecule has 0 aliphatic carbocycles. The normalized spacial score (nSPS) is 12.6. The molecule has 166 valence electrons. The highest BCUT2D eigenvalue weighted by Gasteiger charge is 2.07. The molecule has 0 saturated heterocycles. The van der Waals surface area contributed by atoms with Crippen molar-refractivity contribution in [3.63, 3.8) is 0 Å². The monoisotopic (exact) mass is 413 g/mol. The van der Waals surface area contributed by atoms with Crippen LogP contribution in [0.15, 0.2) is 36.4 Å². The second-order valence-corrected chi connectivity index (χ2v) is 8.16. The SMILES string of the molecule is CCCCC/C=C\CCC(O)CCCCCCCc1nc(-c2cccc(O)c2)n[nH]1. The minimum absolute atomic E-state index is 0.157. The van der Waals surface area contributed by atoms with E-state index in [1.807, 2.05) is 6.07 Å². The molecule has 0 bridgehead atoms. The van der Waals surface area contributed by atoms with E-state index >= 15 is 0 Å². The summed E-state index contributed by atoms with van der Waals surface area (Å²) in [5.74, 6) is 1.75. The Kier molecular flexibility index (Phi) is 11.9. The third kappa shape index (κ3) is 10.1. The Morgan fingerprint density at radius 1 is 0.967 bits per heavy atom. The van der Waals surface area contributed by atoms with Gasteiger partial charge in [0.2, 0.25) is 0 Å². The van der Waals surface area contributed by atoms with Gasteiger partial charge in [0.25, 0.3) is 0 Å². The zero-order valence-corrected chi connectivity index (χ0v) is 18.5. The lowest BCUT2D eigenvalue weighted by atomic mass is 10.0. The third-order valence-electron chi connectivity index (χ3n) is 5.39. The van der Waals surface area contributed by atoms with Crippen molar-refractivity contribution in [2.24, 2.45) is 0 Å². The number of hydrogen-bond donors (Lipinski definition) is 3. The number of aliphatic hydroxyl groups is 1. The van der Waals surface area contributed by atoms with Crippen LogP contribution in [0.3, 0.4) is 0 Å². The van der Waals surface area contributed by atoms with Crippen molar-refractivity contribution in [3.05, 3.63) is 42.2 Å². The largest absolute Gasteiger partial charge is 0.508 e. The molecule has 0 aliphatic rings. The number of unbranched alkanes of at least 4 members (excludes halogenated alkanes) is 7. The van der Waals surface area contributed by atoms with Gasteiger partial charge in [-0.15, -0.1) is 0 Å². The fraction of sp³-hybridized carbons (Fsp3) is 0.600. The molecule has 5 nitrogen and oxygen atoms in total. The van der Waals surface area contributed by atoms with Crippen molar-refractivity contribution in [1.29, 1.82) is 0 Å². The van der Waals surface area contributed by atoms with Crippen LogP contribution in [-0.2, 0) is 6.42 Å². The number of aliphatic hydroxyl groups excluding tert-OH is 1. The molecule has 0 radical (unpaired) electrons. The van der Waals surface area contributed by atoms with Crippen LogP contribution in [0, 0.1) is 0 Å². The van der Waals surface area contributed by atoms with Gasteiger partial charge in [-0.05, 0) is 50.7 Å². The zero-order valence-electron chi connectivity index (χ0n) is 18.5. The standard InChI is InChI=1S/C25H39N3O2/c1-2-3-4-5-6-8-11-16-22(29)17-12-9-7-10-13-19-24-26-25(28-27-24)21-15-14-18-23(30)20-21/h6,8,14-15,18,20,22,29-30H,2-5,7,9-13,16-17,19H2,1H3,(H,26,27,28)/b8-6-. The smallest absolute Gasteiger partial charge is 0.181 e. The lowest BCUT2D eigenvalue weighted by molar-refractivity contribution is 0.152. The number of phenolic OH excluding ortho intramolecular Hbond substituents is 1. The van der Waals surface area contributed by atoms with Crippen LogP contribution in [0.25, 0.3) is 11.4 Å². The second-order valence-electron chi connectivity index (χ2n) is 8.16. The number of phenols is 1. The van der Waals surface area contributed by atoms with Gasteiger partial charge in [0.05, 0.1) is 6.10 Å². The topological polar surface area (TPSA) is 82.0 Å². The van der Waals surface area contributed by atoms with Gasteiger partial charge in [0.15, 0.2) is 5.82 Å². The molecule has 1 atom stereocenters. The highest BCUT2D eigenvalue weighted by Crippen LogP contribution is 2.20. The highest BCUT2D eigenvalue weighted by atomic mass is 16.3. The summed E-state index contributed by atoms with van der Waals surface area (Å²) in [6.07, 6.45) is 18.8. The van der Waals surface area contributed by atoms with Gasteiger partial charge in [-0.1, -0.05) is 69.7 Å². The van der Waals surface area contributed by atoms with Crippen LogP contribution in [-0.4, -0.2) is 31.5 Å². The summed E-state index contributed by atoms with van der Waals surface area (Å²) < 4.78 is 0. The lowest BCUT2D eigenvalue weighted by Crippen LogP contribution is -2.05. The second kappa shape index (κ2) is 14.8. The number of H-pyrrole nitrogens is 1. The van der Waals surface area contributed by atoms with E-state index in [2.05, 4.69) is 34.3 Å². The molecule has 2 aromatic rings. The minimum atomic E-state index is -0.157. The third-order valence-corrected chi connectivity index (χ3v) is 5.39. The number of aryl methyl sites for hydroxylation is 1. The van der Waals surface area contributed by atoms with Gasteiger partial charge in [0.1, 0.15) is 11.6 Å². The van der Waals surface area contributed by atoms with Crippen LogP contribution < -0.4 is 0 Å². The Labute approximate surface area is 181 Å². The van der Waals surface area contributed by atoms with Crippen molar-refractivity contribution >= 4 is 0 Å². The fourth-order valence-electron chi connectivity index (χ4n) is 3.56. The molecule has 1 unspecified atom stereocenters. The molecule has 0 spiro atoms. The molecule has 30 heavy (non-hydrogen) atoms. The maximum absolute atomic E-state index is 10.1. The van der Waals surface area contributed by atoms with Gasteiger partial charge < -0.3 is 10.2 Å². The Hall–Kier alpha value is -2.14. The number of allylic oxidation sites excluding steroid dienone is 2. The maximum atomic E-state index is 10.1. The van der Waals surface area contributed by atoms with E-state index in [1.165, 1.54) is 44.9 Å². The predicted molar refractivity (Wildman–Crippen MR) is 123 cm³/mol. The average Bonchev–Trinajstić information content (AvgIpc) is 3.21. The first-order chi connectivity index (χ1) is 14.7. The van der Waals surface area contributed by atoms with E-state index in [0.717, 1.165) is 49.9 Å². The van der Waals surface area contributed by atoms with Crippen molar-refractivity contribution in [2.75, 3.05) is 0 Å². The summed E-state index contributed by atoms with van der Waals surface area (Å²) >= 11 is 0. The van der Waals surface area contributed by atoms with Gasteiger partial charge in [-0.25, -0.2) is 4.98 Å². The number of nitrogens with one attached hydrogen (secondary N) is 1. The van der Waals surface area contributed by atoms with E-state index < -0.39 is 0 Å². The highest BCUT2D eigenvalue weighted by molar-refractivity contribution is 5.56. The molecule has 1 heterocycles. The molecule has 0 saturated carbocycles. The van der Waals surface area contributed by atoms with E-state index in [4.69, 9.17) is 0 Å². The van der Waals surface area contributed by atoms with Gasteiger partial charge >= 0.3 is 0 Å². The Morgan fingerprint density at radius 2 is 1.77 bits per heavy atom. The Balaban J connectivity index is 1.47. The number of hydrogen-bond acceptors (Lipinski definition) is 4. The zero-order chi connectivity index (χ0) is 21.4. The van der Waals surface area contributed by atoms with Crippen LogP contribution in [0.2, 0.25) is 0 Å². The van der Waals surface area contributed by atoms with Gasteiger partial charge in [-0.3, -0.25) is 5.10 Å². The summed E-state index contributed by atoms with van der Waals surface area (Å²) in [7, 11) is 0.